The average molecular weight is 391 g/mol. The summed E-state index contributed by atoms with van der Waals surface area (Å²) >= 11 is 0. The summed E-state index contributed by atoms with van der Waals surface area (Å²) in [7, 11) is -3.64. The number of sulfonamides is 1. The molecule has 0 bridgehead atoms. The van der Waals surface area contributed by atoms with Gasteiger partial charge in [-0.3, -0.25) is 14.9 Å². The number of nitrogens with one attached hydrogen (secondary N) is 1. The molecular formula is C18H21N3O5S. The standard InChI is InChI=1S/C18H21N3O5S/c1-3-20(4-2)27(25,26)16-10-7-9-15(13-16)19-18(22)12-14-8-5-6-11-17(14)21(23)24/h5-11,13H,3-4,12H2,1-2H3,(H,19,22). The van der Waals surface area contributed by atoms with Gasteiger partial charge >= 0.3 is 0 Å². The molecule has 0 radical (unpaired) electrons. The van der Waals surface area contributed by atoms with Gasteiger partial charge in [0.15, 0.2) is 0 Å². The van der Waals surface area contributed by atoms with E-state index in [4.69, 9.17) is 0 Å². The SMILES string of the molecule is CCN(CC)S(=O)(=O)c1cccc(NC(=O)Cc2ccccc2[N+](=O)[O-])c1. The smallest absolute Gasteiger partial charge is 0.273 e. The van der Waals surface area contributed by atoms with Crippen LogP contribution in [-0.4, -0.2) is 36.6 Å². The van der Waals surface area contributed by atoms with Crippen molar-refractivity contribution in [2.75, 3.05) is 18.4 Å². The fraction of sp³-hybridized carbons (Fsp3) is 0.278. The lowest BCUT2D eigenvalue weighted by molar-refractivity contribution is -0.385. The number of nitro groups is 1. The Hall–Kier alpha value is -2.78. The first-order chi connectivity index (χ1) is 12.8. The lowest BCUT2D eigenvalue weighted by Crippen LogP contribution is -2.30. The van der Waals surface area contributed by atoms with Crippen LogP contribution < -0.4 is 5.32 Å². The molecule has 0 spiro atoms. The van der Waals surface area contributed by atoms with Crippen molar-refractivity contribution in [3.8, 4) is 0 Å². The van der Waals surface area contributed by atoms with Gasteiger partial charge in [-0.05, 0) is 18.2 Å². The van der Waals surface area contributed by atoms with Crippen LogP contribution in [0.25, 0.3) is 0 Å². The summed E-state index contributed by atoms with van der Waals surface area (Å²) < 4.78 is 26.5. The van der Waals surface area contributed by atoms with E-state index in [1.807, 2.05) is 0 Å². The molecule has 9 heteroatoms. The van der Waals surface area contributed by atoms with Crippen molar-refractivity contribution in [3.63, 3.8) is 0 Å². The lowest BCUT2D eigenvalue weighted by atomic mass is 10.1. The molecule has 0 aliphatic rings. The molecule has 2 rings (SSSR count). The van der Waals surface area contributed by atoms with Gasteiger partial charge in [0, 0.05) is 30.4 Å². The van der Waals surface area contributed by atoms with Crippen LogP contribution in [0, 0.1) is 10.1 Å². The third-order valence-electron chi connectivity index (χ3n) is 4.00. The first-order valence-electron chi connectivity index (χ1n) is 8.42. The predicted molar refractivity (Wildman–Crippen MR) is 102 cm³/mol. The number of nitro benzene ring substituents is 1. The fourth-order valence-corrected chi connectivity index (χ4v) is 4.17. The Morgan fingerprint density at radius 2 is 1.78 bits per heavy atom. The van der Waals surface area contributed by atoms with Crippen LogP contribution in [0.2, 0.25) is 0 Å². The van der Waals surface area contributed by atoms with Crippen molar-refractivity contribution >= 4 is 27.3 Å². The van der Waals surface area contributed by atoms with Gasteiger partial charge in [-0.1, -0.05) is 38.1 Å². The first-order valence-corrected chi connectivity index (χ1v) is 9.86. The van der Waals surface area contributed by atoms with Crippen LogP contribution in [-0.2, 0) is 21.2 Å². The molecule has 0 aliphatic carbocycles. The van der Waals surface area contributed by atoms with Crippen LogP contribution in [0.3, 0.4) is 0 Å². The molecule has 0 saturated heterocycles. The van der Waals surface area contributed by atoms with E-state index in [0.717, 1.165) is 0 Å². The molecule has 1 amide bonds. The first kappa shape index (κ1) is 20.5. The van der Waals surface area contributed by atoms with E-state index in [2.05, 4.69) is 5.32 Å². The Balaban J connectivity index is 2.20. The van der Waals surface area contributed by atoms with Crippen molar-refractivity contribution in [1.29, 1.82) is 0 Å². The monoisotopic (exact) mass is 391 g/mol. The summed E-state index contributed by atoms with van der Waals surface area (Å²) in [5.74, 6) is -0.471. The van der Waals surface area contributed by atoms with Gasteiger partial charge in [0.2, 0.25) is 15.9 Å². The number of rotatable bonds is 8. The fourth-order valence-electron chi connectivity index (χ4n) is 2.66. The van der Waals surface area contributed by atoms with Gasteiger partial charge in [-0.15, -0.1) is 0 Å². The van der Waals surface area contributed by atoms with Crippen molar-refractivity contribution < 1.29 is 18.1 Å². The van der Waals surface area contributed by atoms with Crippen molar-refractivity contribution in [2.45, 2.75) is 25.2 Å². The Morgan fingerprint density at radius 1 is 1.11 bits per heavy atom. The molecule has 0 aromatic heterocycles. The van der Waals surface area contributed by atoms with E-state index in [1.54, 1.807) is 26.0 Å². The van der Waals surface area contributed by atoms with E-state index in [9.17, 15) is 23.3 Å². The van der Waals surface area contributed by atoms with E-state index >= 15 is 0 Å². The molecule has 1 N–H and O–H groups in total. The summed E-state index contributed by atoms with van der Waals surface area (Å²) in [6.07, 6.45) is -0.190. The molecule has 0 aliphatic heterocycles. The Kier molecular flexibility index (Phi) is 6.65. The van der Waals surface area contributed by atoms with Crippen LogP contribution in [0.1, 0.15) is 19.4 Å². The van der Waals surface area contributed by atoms with Crippen LogP contribution in [0.4, 0.5) is 11.4 Å². The number of hydrogen-bond acceptors (Lipinski definition) is 5. The molecule has 0 atom stereocenters. The highest BCUT2D eigenvalue weighted by Gasteiger charge is 2.22. The number of hydrogen-bond donors (Lipinski definition) is 1. The second kappa shape index (κ2) is 8.74. The number of carbonyl (C=O) groups is 1. The Morgan fingerprint density at radius 3 is 2.41 bits per heavy atom. The van der Waals surface area contributed by atoms with Crippen molar-refractivity contribution in [3.05, 3.63) is 64.2 Å². The second-order valence-electron chi connectivity index (χ2n) is 5.73. The molecule has 27 heavy (non-hydrogen) atoms. The number of benzene rings is 2. The molecule has 144 valence electrons. The van der Waals surface area contributed by atoms with Gasteiger partial charge in [0.25, 0.3) is 5.69 Å². The zero-order valence-corrected chi connectivity index (χ0v) is 15.9. The van der Waals surface area contributed by atoms with Gasteiger partial charge in [-0.25, -0.2) is 8.42 Å². The van der Waals surface area contributed by atoms with Gasteiger partial charge in [-0.2, -0.15) is 4.31 Å². The third-order valence-corrected chi connectivity index (χ3v) is 6.05. The zero-order valence-electron chi connectivity index (χ0n) is 15.1. The maximum absolute atomic E-state index is 12.6. The second-order valence-corrected chi connectivity index (χ2v) is 7.67. The summed E-state index contributed by atoms with van der Waals surface area (Å²) in [5.41, 5.74) is 0.462. The molecule has 2 aromatic carbocycles. The van der Waals surface area contributed by atoms with E-state index < -0.39 is 20.9 Å². The van der Waals surface area contributed by atoms with E-state index in [-0.39, 0.29) is 22.6 Å². The third kappa shape index (κ3) is 4.89. The molecule has 8 nitrogen and oxygen atoms in total. The number of nitrogens with zero attached hydrogens (tertiary/aromatic N) is 2. The number of carbonyl (C=O) groups excluding carboxylic acids is 1. The number of anilines is 1. The summed E-state index contributed by atoms with van der Waals surface area (Å²) in [6, 6.07) is 11.9. The van der Waals surface area contributed by atoms with Crippen LogP contribution >= 0.6 is 0 Å². The lowest BCUT2D eigenvalue weighted by Gasteiger charge is -2.18. The van der Waals surface area contributed by atoms with Crippen LogP contribution in [0.5, 0.6) is 0 Å². The highest BCUT2D eigenvalue weighted by molar-refractivity contribution is 7.89. The normalized spacial score (nSPS) is 11.4. The summed E-state index contributed by atoms with van der Waals surface area (Å²) in [5, 5.41) is 13.6. The molecule has 0 saturated carbocycles. The van der Waals surface area contributed by atoms with E-state index in [1.165, 1.54) is 40.7 Å². The molecule has 2 aromatic rings. The Bertz CT molecular complexity index is 940. The maximum atomic E-state index is 12.6. The van der Waals surface area contributed by atoms with Gasteiger partial charge in [0.1, 0.15) is 0 Å². The highest BCUT2D eigenvalue weighted by Crippen LogP contribution is 2.21. The molecule has 0 fully saturated rings. The minimum absolute atomic E-state index is 0.0784. The van der Waals surface area contributed by atoms with Crippen molar-refractivity contribution in [2.24, 2.45) is 0 Å². The highest BCUT2D eigenvalue weighted by atomic mass is 32.2. The Labute approximate surface area is 158 Å². The zero-order chi connectivity index (χ0) is 20.0. The topological polar surface area (TPSA) is 110 Å². The van der Waals surface area contributed by atoms with Gasteiger partial charge < -0.3 is 5.32 Å². The minimum Gasteiger partial charge on any atom is -0.326 e. The maximum Gasteiger partial charge on any atom is 0.273 e. The number of amides is 1. The molecule has 0 unspecified atom stereocenters. The molecule has 0 heterocycles. The summed E-state index contributed by atoms with van der Waals surface area (Å²) in [4.78, 5) is 22.8. The predicted octanol–water partition coefficient (Wildman–Crippen LogP) is 2.81. The van der Waals surface area contributed by atoms with Crippen LogP contribution in [0.15, 0.2) is 53.4 Å². The quantitative estimate of drug-likeness (QED) is 0.550. The minimum atomic E-state index is -3.64. The largest absolute Gasteiger partial charge is 0.326 e. The average Bonchev–Trinajstić information content (AvgIpc) is 2.63. The van der Waals surface area contributed by atoms with E-state index in [0.29, 0.717) is 18.8 Å². The van der Waals surface area contributed by atoms with Gasteiger partial charge in [0.05, 0.1) is 16.2 Å². The van der Waals surface area contributed by atoms with Crippen molar-refractivity contribution in [1.82, 2.24) is 4.31 Å². The molecular weight excluding hydrogens is 370 g/mol. The summed E-state index contributed by atoms with van der Waals surface area (Å²) in [6.45, 7) is 4.18. The number of para-hydroxylation sites is 1.